The van der Waals surface area contributed by atoms with E-state index in [4.69, 9.17) is 10.2 Å². The normalized spacial score (nSPS) is 10.9. The van der Waals surface area contributed by atoms with Crippen LogP contribution < -0.4 is 5.73 Å². The quantitative estimate of drug-likeness (QED) is 0.667. The monoisotopic (exact) mass is 342 g/mol. The first-order chi connectivity index (χ1) is 11.6. The number of hydrogen-bond acceptors (Lipinski definition) is 5. The van der Waals surface area contributed by atoms with Crippen LogP contribution in [0.5, 0.6) is 0 Å². The third-order valence-corrected chi connectivity index (χ3v) is 4.54. The molecular formula is C17H18N4O2S. The van der Waals surface area contributed by atoms with E-state index < -0.39 is 0 Å². The maximum Gasteiger partial charge on any atom is 0.218 e. The van der Waals surface area contributed by atoms with Crippen LogP contribution in [0.25, 0.3) is 11.4 Å². The topological polar surface area (TPSA) is 86.9 Å². The van der Waals surface area contributed by atoms with Crippen molar-refractivity contribution < 1.29 is 9.21 Å². The molecular weight excluding hydrogens is 324 g/mol. The Bertz CT molecular complexity index is 827. The Kier molecular flexibility index (Phi) is 5.00. The van der Waals surface area contributed by atoms with Crippen LogP contribution in [0.15, 0.2) is 52.2 Å². The van der Waals surface area contributed by atoms with Crippen molar-refractivity contribution in [3.8, 4) is 11.4 Å². The third-order valence-electron chi connectivity index (χ3n) is 3.58. The Balaban J connectivity index is 1.94. The van der Waals surface area contributed by atoms with Gasteiger partial charge in [-0.2, -0.15) is 0 Å². The van der Waals surface area contributed by atoms with Gasteiger partial charge in [0.2, 0.25) is 5.91 Å². The fourth-order valence-electron chi connectivity index (χ4n) is 2.36. The van der Waals surface area contributed by atoms with Crippen LogP contribution in [0, 0.1) is 6.92 Å². The lowest BCUT2D eigenvalue weighted by atomic mass is 10.1. The molecule has 0 aliphatic carbocycles. The van der Waals surface area contributed by atoms with Crippen LogP contribution in [-0.2, 0) is 11.3 Å². The molecule has 2 aromatic heterocycles. The first kappa shape index (κ1) is 16.3. The third kappa shape index (κ3) is 3.68. The van der Waals surface area contributed by atoms with Gasteiger partial charge < -0.3 is 10.2 Å². The Morgan fingerprint density at radius 3 is 2.79 bits per heavy atom. The Labute approximate surface area is 144 Å². The van der Waals surface area contributed by atoms with Gasteiger partial charge in [0.1, 0.15) is 5.76 Å². The molecule has 0 saturated carbocycles. The number of nitrogens with zero attached hydrogens (tertiary/aromatic N) is 3. The SMILES string of the molecule is Cc1ccccc1-c1nnc(SCCC(N)=O)n1Cc1ccco1. The Morgan fingerprint density at radius 1 is 1.25 bits per heavy atom. The molecule has 0 aliphatic heterocycles. The van der Waals surface area contributed by atoms with Gasteiger partial charge in [0.15, 0.2) is 11.0 Å². The van der Waals surface area contributed by atoms with Crippen molar-refractivity contribution in [2.24, 2.45) is 5.73 Å². The summed E-state index contributed by atoms with van der Waals surface area (Å²) >= 11 is 1.47. The molecule has 0 spiro atoms. The van der Waals surface area contributed by atoms with Gasteiger partial charge in [0.05, 0.1) is 12.8 Å². The first-order valence-electron chi connectivity index (χ1n) is 7.58. The first-order valence-corrected chi connectivity index (χ1v) is 8.56. The second-order valence-corrected chi connectivity index (χ2v) is 6.41. The highest BCUT2D eigenvalue weighted by Crippen LogP contribution is 2.27. The number of aromatic nitrogens is 3. The van der Waals surface area contributed by atoms with E-state index in [-0.39, 0.29) is 5.91 Å². The number of hydrogen-bond donors (Lipinski definition) is 1. The van der Waals surface area contributed by atoms with Crippen molar-refractivity contribution in [2.75, 3.05) is 5.75 Å². The lowest BCUT2D eigenvalue weighted by Gasteiger charge is -2.10. The number of carbonyl (C=O) groups is 1. The molecule has 0 unspecified atom stereocenters. The molecule has 0 atom stereocenters. The predicted octanol–water partition coefficient (Wildman–Crippen LogP) is 2.86. The maximum atomic E-state index is 11.0. The molecule has 2 heterocycles. The van der Waals surface area contributed by atoms with Crippen LogP contribution in [-0.4, -0.2) is 26.4 Å². The fraction of sp³-hybridized carbons (Fsp3) is 0.235. The number of rotatable bonds is 7. The number of furan rings is 1. The van der Waals surface area contributed by atoms with Crippen LogP contribution in [0.1, 0.15) is 17.7 Å². The summed E-state index contributed by atoms with van der Waals surface area (Å²) in [4.78, 5) is 11.0. The van der Waals surface area contributed by atoms with Gasteiger partial charge in [-0.05, 0) is 24.6 Å². The summed E-state index contributed by atoms with van der Waals surface area (Å²) in [6, 6.07) is 11.8. The van der Waals surface area contributed by atoms with Gasteiger partial charge in [0.25, 0.3) is 0 Å². The number of thioether (sulfide) groups is 1. The fourth-order valence-corrected chi connectivity index (χ4v) is 3.25. The number of primary amides is 1. The van der Waals surface area contributed by atoms with E-state index in [2.05, 4.69) is 10.2 Å². The van der Waals surface area contributed by atoms with Crippen molar-refractivity contribution in [3.05, 3.63) is 54.0 Å². The summed E-state index contributed by atoms with van der Waals surface area (Å²) in [5, 5.41) is 9.39. The van der Waals surface area contributed by atoms with E-state index in [1.807, 2.05) is 47.9 Å². The molecule has 1 aromatic carbocycles. The number of benzene rings is 1. The zero-order valence-electron chi connectivity index (χ0n) is 13.3. The number of amides is 1. The van der Waals surface area contributed by atoms with Crippen molar-refractivity contribution in [1.82, 2.24) is 14.8 Å². The van der Waals surface area contributed by atoms with Crippen LogP contribution in [0.2, 0.25) is 0 Å². The lowest BCUT2D eigenvalue weighted by molar-refractivity contribution is -0.117. The van der Waals surface area contributed by atoms with Crippen molar-refractivity contribution >= 4 is 17.7 Å². The summed E-state index contributed by atoms with van der Waals surface area (Å²) in [6.45, 7) is 2.57. The molecule has 2 N–H and O–H groups in total. The van der Waals surface area contributed by atoms with E-state index in [0.29, 0.717) is 18.7 Å². The molecule has 3 rings (SSSR count). The molecule has 3 aromatic rings. The van der Waals surface area contributed by atoms with E-state index in [9.17, 15) is 4.79 Å². The number of carbonyl (C=O) groups excluding carboxylic acids is 1. The van der Waals surface area contributed by atoms with Gasteiger partial charge in [-0.3, -0.25) is 9.36 Å². The summed E-state index contributed by atoms with van der Waals surface area (Å²) < 4.78 is 7.47. The maximum absolute atomic E-state index is 11.0. The minimum absolute atomic E-state index is 0.304. The van der Waals surface area contributed by atoms with Crippen LogP contribution >= 0.6 is 11.8 Å². The van der Waals surface area contributed by atoms with Gasteiger partial charge >= 0.3 is 0 Å². The van der Waals surface area contributed by atoms with E-state index in [1.54, 1.807) is 6.26 Å². The number of aryl methyl sites for hydroxylation is 1. The molecule has 0 radical (unpaired) electrons. The van der Waals surface area contributed by atoms with Crippen LogP contribution in [0.3, 0.4) is 0 Å². The minimum atomic E-state index is -0.321. The zero-order valence-corrected chi connectivity index (χ0v) is 14.1. The minimum Gasteiger partial charge on any atom is -0.467 e. The van der Waals surface area contributed by atoms with E-state index >= 15 is 0 Å². The number of nitrogens with two attached hydrogens (primary N) is 1. The standard InChI is InChI=1S/C17H18N4O2S/c1-12-5-2-3-7-14(12)16-19-20-17(24-10-8-15(18)22)21(16)11-13-6-4-9-23-13/h2-7,9H,8,10-11H2,1H3,(H2,18,22). The van der Waals surface area contributed by atoms with Gasteiger partial charge in [-0.15, -0.1) is 10.2 Å². The molecule has 0 saturated heterocycles. The average molecular weight is 342 g/mol. The van der Waals surface area contributed by atoms with Gasteiger partial charge in [-0.1, -0.05) is 36.0 Å². The second kappa shape index (κ2) is 7.35. The lowest BCUT2D eigenvalue weighted by Crippen LogP contribution is -2.11. The van der Waals surface area contributed by atoms with Gasteiger partial charge in [0, 0.05) is 17.7 Å². The average Bonchev–Trinajstić information content (AvgIpc) is 3.19. The second-order valence-electron chi connectivity index (χ2n) is 5.35. The highest BCUT2D eigenvalue weighted by atomic mass is 32.2. The largest absolute Gasteiger partial charge is 0.467 e. The van der Waals surface area contributed by atoms with Crippen LogP contribution in [0.4, 0.5) is 0 Å². The summed E-state index contributed by atoms with van der Waals surface area (Å²) in [6.07, 6.45) is 1.95. The summed E-state index contributed by atoms with van der Waals surface area (Å²) in [7, 11) is 0. The van der Waals surface area contributed by atoms with Gasteiger partial charge in [-0.25, -0.2) is 0 Å². The molecule has 0 bridgehead atoms. The molecule has 0 aliphatic rings. The summed E-state index contributed by atoms with van der Waals surface area (Å²) in [5.74, 6) is 1.85. The van der Waals surface area contributed by atoms with E-state index in [0.717, 1.165) is 27.9 Å². The molecule has 124 valence electrons. The van der Waals surface area contributed by atoms with Crippen molar-refractivity contribution in [3.63, 3.8) is 0 Å². The highest BCUT2D eigenvalue weighted by Gasteiger charge is 2.17. The molecule has 6 nitrogen and oxygen atoms in total. The van der Waals surface area contributed by atoms with E-state index in [1.165, 1.54) is 11.8 Å². The Hall–Kier alpha value is -2.54. The van der Waals surface area contributed by atoms with Crippen molar-refractivity contribution in [2.45, 2.75) is 25.0 Å². The molecule has 24 heavy (non-hydrogen) atoms. The Morgan fingerprint density at radius 2 is 2.08 bits per heavy atom. The molecule has 7 heteroatoms. The highest BCUT2D eigenvalue weighted by molar-refractivity contribution is 7.99. The molecule has 1 amide bonds. The van der Waals surface area contributed by atoms with Crippen molar-refractivity contribution in [1.29, 1.82) is 0 Å². The molecule has 0 fully saturated rings. The zero-order chi connectivity index (χ0) is 16.9. The summed E-state index contributed by atoms with van der Waals surface area (Å²) in [5.41, 5.74) is 7.36. The smallest absolute Gasteiger partial charge is 0.218 e. The predicted molar refractivity (Wildman–Crippen MR) is 92.5 cm³/mol.